The number of rotatable bonds is 8. The van der Waals surface area contributed by atoms with Gasteiger partial charge < -0.3 is 14.5 Å². The second-order valence-corrected chi connectivity index (χ2v) is 6.79. The third-order valence-corrected chi connectivity index (χ3v) is 4.83. The van der Waals surface area contributed by atoms with Crippen molar-refractivity contribution in [1.82, 2.24) is 0 Å². The van der Waals surface area contributed by atoms with Gasteiger partial charge in [-0.25, -0.2) is 0 Å². The molecule has 0 amide bonds. The molecule has 0 bridgehead atoms. The molecule has 1 aliphatic rings. The van der Waals surface area contributed by atoms with Crippen LogP contribution in [0.25, 0.3) is 0 Å². The molecule has 0 spiro atoms. The smallest absolute Gasteiger partial charge is 0.293 e. The van der Waals surface area contributed by atoms with Crippen LogP contribution in [-0.2, 0) is 11.4 Å². The van der Waals surface area contributed by atoms with E-state index < -0.39 is 0 Å². The van der Waals surface area contributed by atoms with E-state index >= 15 is 0 Å². The fourth-order valence-electron chi connectivity index (χ4n) is 3.31. The summed E-state index contributed by atoms with van der Waals surface area (Å²) >= 11 is 0. The average Bonchev–Trinajstić information content (AvgIpc) is 3.25. The minimum absolute atomic E-state index is 0.0530. The van der Waals surface area contributed by atoms with Crippen molar-refractivity contribution in [2.75, 3.05) is 25.1 Å². The fraction of sp³-hybridized carbons (Fsp3) is 0.333. The van der Waals surface area contributed by atoms with Crippen molar-refractivity contribution in [3.8, 4) is 5.75 Å². The summed E-state index contributed by atoms with van der Waals surface area (Å²) in [6.45, 7) is 3.26. The van der Waals surface area contributed by atoms with Gasteiger partial charge in [-0.1, -0.05) is 11.2 Å². The number of anilines is 1. The first-order valence-electron chi connectivity index (χ1n) is 9.36. The second-order valence-electron chi connectivity index (χ2n) is 6.79. The van der Waals surface area contributed by atoms with Gasteiger partial charge in [0.05, 0.1) is 18.2 Å². The molecule has 152 valence electrons. The topological polar surface area (TPSA) is 94.3 Å². The number of nitro benzene ring substituents is 1. The van der Waals surface area contributed by atoms with Crippen LogP contribution in [-0.4, -0.2) is 37.1 Å². The van der Waals surface area contributed by atoms with Crippen molar-refractivity contribution in [3.05, 3.63) is 63.2 Å². The van der Waals surface area contributed by atoms with E-state index in [0.717, 1.165) is 25.9 Å². The van der Waals surface area contributed by atoms with Crippen LogP contribution in [0.5, 0.6) is 5.75 Å². The van der Waals surface area contributed by atoms with Gasteiger partial charge in [0.25, 0.3) is 5.69 Å². The van der Waals surface area contributed by atoms with Crippen molar-refractivity contribution >= 4 is 23.4 Å². The van der Waals surface area contributed by atoms with E-state index in [-0.39, 0.29) is 23.0 Å². The molecule has 0 radical (unpaired) electrons. The molecule has 1 fully saturated rings. The van der Waals surface area contributed by atoms with Crippen LogP contribution < -0.4 is 9.64 Å². The Balaban J connectivity index is 1.71. The molecule has 1 aliphatic heterocycles. The van der Waals surface area contributed by atoms with E-state index in [1.54, 1.807) is 30.3 Å². The van der Waals surface area contributed by atoms with Gasteiger partial charge >= 0.3 is 0 Å². The van der Waals surface area contributed by atoms with Crippen LogP contribution >= 0.6 is 0 Å². The second kappa shape index (κ2) is 9.18. The van der Waals surface area contributed by atoms with Gasteiger partial charge in [0, 0.05) is 35.8 Å². The molecule has 2 aromatic carbocycles. The number of benzene rings is 2. The average molecular weight is 397 g/mol. The Bertz CT molecular complexity index is 936. The molecule has 0 N–H and O–H groups in total. The molecular formula is C21H23N3O5. The van der Waals surface area contributed by atoms with Gasteiger partial charge in [0.15, 0.2) is 5.78 Å². The number of hydrogen-bond donors (Lipinski definition) is 0. The highest BCUT2D eigenvalue weighted by molar-refractivity contribution is 5.94. The molecule has 8 nitrogen and oxygen atoms in total. The normalized spacial score (nSPS) is 13.7. The SMILES string of the molecule is COc1ccc(C(C)=O)cc1CON=Cc1ccc(N2CCCC2)c([N+](=O)[O-])c1. The lowest BCUT2D eigenvalue weighted by Gasteiger charge is -2.17. The first-order valence-corrected chi connectivity index (χ1v) is 9.36. The molecule has 1 heterocycles. The number of Topliss-reactive ketones (excluding diaryl/α,β-unsaturated/α-hetero) is 1. The quantitative estimate of drug-likeness (QED) is 0.290. The van der Waals surface area contributed by atoms with E-state index in [4.69, 9.17) is 9.57 Å². The maximum absolute atomic E-state index is 11.6. The first-order chi connectivity index (χ1) is 14.0. The summed E-state index contributed by atoms with van der Waals surface area (Å²) < 4.78 is 5.28. The van der Waals surface area contributed by atoms with E-state index in [2.05, 4.69) is 5.16 Å². The molecule has 0 aromatic heterocycles. The van der Waals surface area contributed by atoms with Crippen molar-refractivity contribution in [3.63, 3.8) is 0 Å². The maximum Gasteiger partial charge on any atom is 0.293 e. The molecule has 0 atom stereocenters. The van der Waals surface area contributed by atoms with E-state index in [1.165, 1.54) is 26.3 Å². The Labute approximate surface area is 168 Å². The van der Waals surface area contributed by atoms with Crippen LogP contribution in [0.4, 0.5) is 11.4 Å². The summed E-state index contributed by atoms with van der Waals surface area (Å²) in [5.41, 5.74) is 2.52. The summed E-state index contributed by atoms with van der Waals surface area (Å²) in [6, 6.07) is 10.1. The highest BCUT2D eigenvalue weighted by atomic mass is 16.6. The number of carbonyl (C=O) groups is 1. The standard InChI is InChI=1S/C21H23N3O5/c1-15(25)17-6-8-21(28-2)18(12-17)14-29-22-13-16-5-7-19(20(11-16)24(26)27)23-9-3-4-10-23/h5-8,11-13H,3-4,9-10,14H2,1-2H3. The van der Waals surface area contributed by atoms with E-state index in [0.29, 0.717) is 28.1 Å². The number of hydrogen-bond acceptors (Lipinski definition) is 7. The number of nitro groups is 1. The predicted molar refractivity (Wildman–Crippen MR) is 110 cm³/mol. The van der Waals surface area contributed by atoms with Crippen molar-refractivity contribution in [2.24, 2.45) is 5.16 Å². The Morgan fingerprint density at radius 2 is 2.00 bits per heavy atom. The highest BCUT2D eigenvalue weighted by Gasteiger charge is 2.22. The number of ketones is 1. The van der Waals surface area contributed by atoms with Gasteiger partial charge in [-0.05, 0) is 44.0 Å². The molecule has 0 unspecified atom stereocenters. The molecule has 0 saturated carbocycles. The zero-order valence-electron chi connectivity index (χ0n) is 16.5. The number of nitrogens with zero attached hydrogens (tertiary/aromatic N) is 3. The van der Waals surface area contributed by atoms with E-state index in [1.807, 2.05) is 4.90 Å². The Hall–Kier alpha value is -3.42. The number of oxime groups is 1. The molecule has 1 saturated heterocycles. The van der Waals surface area contributed by atoms with Crippen molar-refractivity contribution in [1.29, 1.82) is 0 Å². The lowest BCUT2D eigenvalue weighted by atomic mass is 10.1. The third-order valence-electron chi connectivity index (χ3n) is 4.83. The van der Waals surface area contributed by atoms with Gasteiger partial charge in [-0.15, -0.1) is 0 Å². The zero-order valence-corrected chi connectivity index (χ0v) is 16.5. The minimum Gasteiger partial charge on any atom is -0.496 e. The van der Waals surface area contributed by atoms with Crippen LogP contribution in [0.15, 0.2) is 41.6 Å². The van der Waals surface area contributed by atoms with Crippen LogP contribution in [0.3, 0.4) is 0 Å². The van der Waals surface area contributed by atoms with Crippen molar-refractivity contribution in [2.45, 2.75) is 26.4 Å². The lowest BCUT2D eigenvalue weighted by molar-refractivity contribution is -0.384. The molecule has 29 heavy (non-hydrogen) atoms. The molecule has 2 aromatic rings. The summed E-state index contributed by atoms with van der Waals surface area (Å²) in [5, 5.41) is 15.4. The number of ether oxygens (including phenoxy) is 1. The molecule has 8 heteroatoms. The Morgan fingerprint density at radius 1 is 1.24 bits per heavy atom. The van der Waals surface area contributed by atoms with Crippen molar-refractivity contribution < 1.29 is 19.3 Å². The van der Waals surface area contributed by atoms with Crippen LogP contribution in [0.1, 0.15) is 41.3 Å². The van der Waals surface area contributed by atoms with Crippen LogP contribution in [0, 0.1) is 10.1 Å². The molecule has 0 aliphatic carbocycles. The Morgan fingerprint density at radius 3 is 2.66 bits per heavy atom. The minimum atomic E-state index is -0.371. The Kier molecular flexibility index (Phi) is 6.43. The third kappa shape index (κ3) is 4.90. The summed E-state index contributed by atoms with van der Waals surface area (Å²) in [5.74, 6) is 0.540. The first kappa shape index (κ1) is 20.3. The molecule has 3 rings (SSSR count). The van der Waals surface area contributed by atoms with Crippen LogP contribution in [0.2, 0.25) is 0 Å². The monoisotopic (exact) mass is 397 g/mol. The number of carbonyl (C=O) groups excluding carboxylic acids is 1. The van der Waals surface area contributed by atoms with E-state index in [9.17, 15) is 14.9 Å². The lowest BCUT2D eigenvalue weighted by Crippen LogP contribution is -2.18. The van der Waals surface area contributed by atoms with Gasteiger partial charge in [-0.3, -0.25) is 14.9 Å². The van der Waals surface area contributed by atoms with Gasteiger partial charge in [0.1, 0.15) is 18.0 Å². The molecular weight excluding hydrogens is 374 g/mol. The fourth-order valence-corrected chi connectivity index (χ4v) is 3.31. The summed E-state index contributed by atoms with van der Waals surface area (Å²) in [6.07, 6.45) is 3.52. The zero-order chi connectivity index (χ0) is 20.8. The summed E-state index contributed by atoms with van der Waals surface area (Å²) in [7, 11) is 1.54. The largest absolute Gasteiger partial charge is 0.496 e. The number of methoxy groups -OCH3 is 1. The summed E-state index contributed by atoms with van der Waals surface area (Å²) in [4.78, 5) is 30.0. The highest BCUT2D eigenvalue weighted by Crippen LogP contribution is 2.31. The predicted octanol–water partition coefficient (Wildman–Crippen LogP) is 3.96. The van der Waals surface area contributed by atoms with Gasteiger partial charge in [0.2, 0.25) is 0 Å². The van der Waals surface area contributed by atoms with Gasteiger partial charge in [-0.2, -0.15) is 0 Å². The maximum atomic E-state index is 11.6.